The minimum absolute atomic E-state index is 0.285. The van der Waals surface area contributed by atoms with Crippen molar-refractivity contribution < 1.29 is 9.53 Å². The van der Waals surface area contributed by atoms with Crippen molar-refractivity contribution in [2.24, 2.45) is 0 Å². The first-order valence-electron chi connectivity index (χ1n) is 3.80. The molecule has 2 heterocycles. The quantitative estimate of drug-likeness (QED) is 0.689. The second-order valence-corrected chi connectivity index (χ2v) is 2.46. The zero-order valence-corrected chi connectivity index (χ0v) is 7.31. The van der Waals surface area contributed by atoms with Gasteiger partial charge in [0.15, 0.2) is 5.65 Å². The third-order valence-electron chi connectivity index (χ3n) is 1.57. The number of amides is 1. The van der Waals surface area contributed by atoms with E-state index in [0.29, 0.717) is 11.2 Å². The summed E-state index contributed by atoms with van der Waals surface area (Å²) in [6.07, 6.45) is 2.36. The lowest BCUT2D eigenvalue weighted by Gasteiger charge is -1.96. The maximum Gasteiger partial charge on any atom is 0.413 e. The topological polar surface area (TPSA) is 92.8 Å². The van der Waals surface area contributed by atoms with Crippen LogP contribution < -0.4 is 5.32 Å². The first-order valence-corrected chi connectivity index (χ1v) is 3.80. The number of fused-ring (bicyclic) bond motifs is 1. The van der Waals surface area contributed by atoms with E-state index < -0.39 is 6.09 Å². The Morgan fingerprint density at radius 1 is 1.64 bits per heavy atom. The zero-order valence-electron chi connectivity index (χ0n) is 7.31. The van der Waals surface area contributed by atoms with Crippen LogP contribution in [0, 0.1) is 0 Å². The minimum Gasteiger partial charge on any atom is -0.453 e. The molecule has 0 unspecified atom stereocenters. The number of hydrogen-bond acceptors (Lipinski definition) is 5. The van der Waals surface area contributed by atoms with Crippen molar-refractivity contribution in [3.63, 3.8) is 0 Å². The largest absolute Gasteiger partial charge is 0.453 e. The lowest BCUT2D eigenvalue weighted by Crippen LogP contribution is -2.11. The van der Waals surface area contributed by atoms with Crippen molar-refractivity contribution in [3.05, 3.63) is 12.5 Å². The second-order valence-electron chi connectivity index (χ2n) is 2.46. The van der Waals surface area contributed by atoms with Gasteiger partial charge in [-0.1, -0.05) is 0 Å². The lowest BCUT2D eigenvalue weighted by atomic mass is 10.6. The summed E-state index contributed by atoms with van der Waals surface area (Å²) in [5, 5.41) is 2.39. The number of methoxy groups -OCH3 is 1. The predicted octanol–water partition coefficient (Wildman–Crippen LogP) is 0.531. The Balaban J connectivity index is 2.31. The number of carbonyl (C=O) groups excluding carboxylic acids is 1. The van der Waals surface area contributed by atoms with Crippen LogP contribution in [-0.4, -0.2) is 33.1 Å². The molecule has 0 saturated heterocycles. The van der Waals surface area contributed by atoms with Crippen LogP contribution >= 0.6 is 0 Å². The number of nitrogens with one attached hydrogen (secondary N) is 2. The molecule has 2 N–H and O–H groups in total. The van der Waals surface area contributed by atoms with E-state index in [2.05, 4.69) is 30.0 Å². The third kappa shape index (κ3) is 1.47. The van der Waals surface area contributed by atoms with Gasteiger partial charge >= 0.3 is 6.09 Å². The fourth-order valence-electron chi connectivity index (χ4n) is 0.969. The molecule has 72 valence electrons. The van der Waals surface area contributed by atoms with Crippen LogP contribution in [0.5, 0.6) is 0 Å². The molecule has 0 aliphatic heterocycles. The van der Waals surface area contributed by atoms with Gasteiger partial charge in [-0.2, -0.15) is 4.98 Å². The minimum atomic E-state index is -0.586. The van der Waals surface area contributed by atoms with Crippen molar-refractivity contribution in [2.75, 3.05) is 12.4 Å². The fraction of sp³-hybridized carbons (Fsp3) is 0.143. The van der Waals surface area contributed by atoms with Gasteiger partial charge in [0.05, 0.1) is 13.3 Å². The molecule has 1 amide bonds. The van der Waals surface area contributed by atoms with Crippen LogP contribution in [0.1, 0.15) is 0 Å². The third-order valence-corrected chi connectivity index (χ3v) is 1.57. The van der Waals surface area contributed by atoms with Crippen LogP contribution in [0.15, 0.2) is 12.5 Å². The Bertz CT molecular complexity index is 433. The molecule has 0 bridgehead atoms. The predicted molar refractivity (Wildman–Crippen MR) is 47.7 cm³/mol. The van der Waals surface area contributed by atoms with Crippen molar-refractivity contribution in [2.45, 2.75) is 0 Å². The highest BCUT2D eigenvalue weighted by atomic mass is 16.5. The maximum atomic E-state index is 10.8. The fourth-order valence-corrected chi connectivity index (χ4v) is 0.969. The summed E-state index contributed by atoms with van der Waals surface area (Å²) in [6.45, 7) is 0. The molecule has 0 aromatic carbocycles. The van der Waals surface area contributed by atoms with E-state index in [1.807, 2.05) is 0 Å². The molecular formula is C7H7N5O2. The van der Waals surface area contributed by atoms with E-state index in [9.17, 15) is 4.79 Å². The Labute approximate surface area is 78.5 Å². The Morgan fingerprint density at radius 3 is 3.21 bits per heavy atom. The van der Waals surface area contributed by atoms with E-state index in [1.165, 1.54) is 13.4 Å². The van der Waals surface area contributed by atoms with Crippen molar-refractivity contribution in [1.82, 2.24) is 19.9 Å². The standard InChI is InChI=1S/C7H7N5O2/c1-14-7(13)12-6-10-4-2-8-3-9-5(4)11-6/h2-3H,1H3,(H2,8,9,10,11,12,13). The molecule has 2 aromatic heterocycles. The van der Waals surface area contributed by atoms with Gasteiger partial charge in [0.2, 0.25) is 5.95 Å². The summed E-state index contributed by atoms with van der Waals surface area (Å²) in [5.74, 6) is 0.285. The molecule has 2 aromatic rings. The number of ether oxygens (including phenoxy) is 1. The maximum absolute atomic E-state index is 10.8. The van der Waals surface area contributed by atoms with Gasteiger partial charge in [0.25, 0.3) is 0 Å². The molecular weight excluding hydrogens is 186 g/mol. The average molecular weight is 193 g/mol. The summed E-state index contributed by atoms with van der Waals surface area (Å²) in [5.41, 5.74) is 1.14. The Morgan fingerprint density at radius 2 is 2.50 bits per heavy atom. The molecule has 0 radical (unpaired) electrons. The second kappa shape index (κ2) is 3.29. The molecule has 0 atom stereocenters. The molecule has 2 rings (SSSR count). The van der Waals surface area contributed by atoms with Crippen molar-refractivity contribution in [1.29, 1.82) is 0 Å². The number of aromatic nitrogens is 4. The Kier molecular flexibility index (Phi) is 1.98. The summed E-state index contributed by atoms with van der Waals surface area (Å²) in [6, 6.07) is 0. The number of anilines is 1. The molecule has 0 aliphatic rings. The van der Waals surface area contributed by atoms with Gasteiger partial charge in [-0.15, -0.1) is 0 Å². The Hall–Kier alpha value is -2.18. The smallest absolute Gasteiger partial charge is 0.413 e. The molecule has 0 aliphatic carbocycles. The number of carbonyl (C=O) groups is 1. The lowest BCUT2D eigenvalue weighted by molar-refractivity contribution is 0.186. The van der Waals surface area contributed by atoms with Gasteiger partial charge in [0.1, 0.15) is 11.8 Å². The number of aromatic amines is 1. The van der Waals surface area contributed by atoms with Crippen LogP contribution in [0.3, 0.4) is 0 Å². The first-order chi connectivity index (χ1) is 6.79. The summed E-state index contributed by atoms with van der Waals surface area (Å²) >= 11 is 0. The van der Waals surface area contributed by atoms with E-state index >= 15 is 0 Å². The SMILES string of the molecule is COC(=O)Nc1nc2ncncc2[nH]1. The zero-order chi connectivity index (χ0) is 9.97. The number of rotatable bonds is 1. The van der Waals surface area contributed by atoms with Gasteiger partial charge < -0.3 is 9.72 Å². The van der Waals surface area contributed by atoms with Crippen molar-refractivity contribution in [3.8, 4) is 0 Å². The first kappa shape index (κ1) is 8.42. The van der Waals surface area contributed by atoms with Crippen LogP contribution in [-0.2, 0) is 4.74 Å². The van der Waals surface area contributed by atoms with Gasteiger partial charge in [-0.25, -0.2) is 14.8 Å². The average Bonchev–Trinajstić information content (AvgIpc) is 2.59. The summed E-state index contributed by atoms with van der Waals surface area (Å²) < 4.78 is 4.40. The van der Waals surface area contributed by atoms with E-state index in [4.69, 9.17) is 0 Å². The normalized spacial score (nSPS) is 10.1. The highest BCUT2D eigenvalue weighted by Gasteiger charge is 2.06. The van der Waals surface area contributed by atoms with Crippen LogP contribution in [0.4, 0.5) is 10.7 Å². The number of H-pyrrole nitrogens is 1. The van der Waals surface area contributed by atoms with Gasteiger partial charge in [-0.05, 0) is 0 Å². The summed E-state index contributed by atoms with van der Waals surface area (Å²) in [7, 11) is 1.28. The van der Waals surface area contributed by atoms with E-state index in [1.54, 1.807) is 6.20 Å². The monoisotopic (exact) mass is 193 g/mol. The van der Waals surface area contributed by atoms with Crippen molar-refractivity contribution >= 4 is 23.2 Å². The van der Waals surface area contributed by atoms with Crippen LogP contribution in [0.25, 0.3) is 11.2 Å². The number of nitrogens with zero attached hydrogens (tertiary/aromatic N) is 3. The van der Waals surface area contributed by atoms with Crippen LogP contribution in [0.2, 0.25) is 0 Å². The highest BCUT2D eigenvalue weighted by Crippen LogP contribution is 2.09. The van der Waals surface area contributed by atoms with E-state index in [-0.39, 0.29) is 5.95 Å². The molecule has 14 heavy (non-hydrogen) atoms. The van der Waals surface area contributed by atoms with Gasteiger partial charge in [0, 0.05) is 0 Å². The number of imidazole rings is 1. The molecule has 0 spiro atoms. The van der Waals surface area contributed by atoms with Gasteiger partial charge in [-0.3, -0.25) is 5.32 Å². The molecule has 0 fully saturated rings. The van der Waals surface area contributed by atoms with E-state index in [0.717, 1.165) is 0 Å². The molecule has 7 heteroatoms. The highest BCUT2D eigenvalue weighted by molar-refractivity contribution is 5.84. The number of hydrogen-bond donors (Lipinski definition) is 2. The molecule has 0 saturated carbocycles. The molecule has 7 nitrogen and oxygen atoms in total. The summed E-state index contributed by atoms with van der Waals surface area (Å²) in [4.78, 5) is 25.3.